The van der Waals surface area contributed by atoms with Gasteiger partial charge in [0.2, 0.25) is 0 Å². The Hall–Kier alpha value is -1.46. The molecule has 0 spiro atoms. The quantitative estimate of drug-likeness (QED) is 0.835. The van der Waals surface area contributed by atoms with E-state index in [0.29, 0.717) is 16.2 Å². The van der Waals surface area contributed by atoms with Gasteiger partial charge in [0.15, 0.2) is 0 Å². The Labute approximate surface area is 159 Å². The van der Waals surface area contributed by atoms with Crippen LogP contribution >= 0.6 is 11.3 Å². The maximum atomic E-state index is 12.6. The lowest BCUT2D eigenvalue weighted by Crippen LogP contribution is -2.39. The molecule has 140 valence electrons. The number of fused-ring (bicyclic) bond motifs is 2. The van der Waals surface area contributed by atoms with Crippen molar-refractivity contribution in [3.63, 3.8) is 0 Å². The number of nitrogens with one attached hydrogen (secondary N) is 1. The molecule has 2 aliphatic rings. The van der Waals surface area contributed by atoms with E-state index in [1.807, 2.05) is 6.07 Å². The van der Waals surface area contributed by atoms with Gasteiger partial charge in [0.1, 0.15) is 4.83 Å². The van der Waals surface area contributed by atoms with Crippen LogP contribution < -0.4 is 5.32 Å². The van der Waals surface area contributed by atoms with Crippen LogP contribution in [-0.2, 0) is 12.8 Å². The number of carbonyl (C=O) groups excluding carboxylic acids is 1. The molecule has 2 unspecified atom stereocenters. The fourth-order valence-electron chi connectivity index (χ4n) is 4.32. The number of amides is 1. The molecule has 4 nitrogen and oxygen atoms in total. The highest BCUT2D eigenvalue weighted by atomic mass is 32.1. The first-order valence-electron chi connectivity index (χ1n) is 9.72. The molecule has 0 saturated heterocycles. The van der Waals surface area contributed by atoms with Gasteiger partial charge in [-0.15, -0.1) is 11.3 Å². The van der Waals surface area contributed by atoms with E-state index >= 15 is 0 Å². The number of hydrogen-bond donors (Lipinski definition) is 2. The maximum Gasteiger partial charge on any atom is 0.261 e. The molecule has 2 aromatic heterocycles. The largest absolute Gasteiger partial charge is 0.391 e. The van der Waals surface area contributed by atoms with Crippen LogP contribution in [0.4, 0.5) is 0 Å². The van der Waals surface area contributed by atoms with Crippen LogP contribution in [0.2, 0.25) is 0 Å². The number of hydrogen-bond acceptors (Lipinski definition) is 4. The molecule has 1 amide bonds. The van der Waals surface area contributed by atoms with Crippen molar-refractivity contribution in [2.45, 2.75) is 71.4 Å². The van der Waals surface area contributed by atoms with Gasteiger partial charge in [-0.05, 0) is 67.6 Å². The van der Waals surface area contributed by atoms with Crippen LogP contribution in [0.25, 0.3) is 10.2 Å². The van der Waals surface area contributed by atoms with Crippen molar-refractivity contribution in [3.05, 3.63) is 28.3 Å². The van der Waals surface area contributed by atoms with E-state index < -0.39 is 6.10 Å². The first-order chi connectivity index (χ1) is 12.3. The normalized spacial score (nSPS) is 26.1. The fourth-order valence-corrected chi connectivity index (χ4v) is 5.26. The third kappa shape index (κ3) is 3.39. The summed E-state index contributed by atoms with van der Waals surface area (Å²) in [5.41, 5.74) is 2.87. The molecule has 0 bridgehead atoms. The molecule has 2 heterocycles. The Kier molecular flexibility index (Phi) is 4.56. The highest BCUT2D eigenvalue weighted by molar-refractivity contribution is 7.20. The Bertz CT molecular complexity index is 836. The van der Waals surface area contributed by atoms with Crippen molar-refractivity contribution >= 4 is 27.5 Å². The van der Waals surface area contributed by atoms with Gasteiger partial charge < -0.3 is 10.4 Å². The van der Waals surface area contributed by atoms with Crippen molar-refractivity contribution < 1.29 is 9.90 Å². The van der Waals surface area contributed by atoms with Crippen LogP contribution in [0.3, 0.4) is 0 Å². The molecule has 26 heavy (non-hydrogen) atoms. The summed E-state index contributed by atoms with van der Waals surface area (Å²) in [5.74, 6) is 0.601. The highest BCUT2D eigenvalue weighted by Gasteiger charge is 2.30. The van der Waals surface area contributed by atoms with E-state index in [0.717, 1.165) is 42.3 Å². The van der Waals surface area contributed by atoms with Crippen LogP contribution in [0.1, 0.15) is 67.4 Å². The van der Waals surface area contributed by atoms with Gasteiger partial charge in [-0.3, -0.25) is 4.79 Å². The van der Waals surface area contributed by atoms with E-state index in [-0.39, 0.29) is 11.9 Å². The van der Waals surface area contributed by atoms with Crippen LogP contribution in [0, 0.1) is 11.3 Å². The van der Waals surface area contributed by atoms with E-state index in [2.05, 4.69) is 32.2 Å². The predicted molar refractivity (Wildman–Crippen MR) is 106 cm³/mol. The molecule has 0 aromatic carbocycles. The van der Waals surface area contributed by atoms with E-state index in [4.69, 9.17) is 4.98 Å². The number of rotatable bonds is 2. The minimum absolute atomic E-state index is 0.0792. The second-order valence-corrected chi connectivity index (χ2v) is 10.0. The standard InChI is InChI=1S/C21H28N2O2S/c1-21(2,3)14-7-8-15-12(10-14)9-13-11-18(26-20(13)23-15)19(25)22-16-5-4-6-17(16)24/h9,11,14,16-17,24H,4-8,10H2,1-3H3,(H,22,25)/t14?,16?,17-/m0/s1. The van der Waals surface area contributed by atoms with Gasteiger partial charge in [-0.1, -0.05) is 20.8 Å². The fraction of sp³-hybridized carbons (Fsp3) is 0.619. The number of aromatic nitrogens is 1. The number of thiophene rings is 1. The third-order valence-corrected chi connectivity index (χ3v) is 7.16. The lowest BCUT2D eigenvalue weighted by Gasteiger charge is -2.34. The molecule has 3 atom stereocenters. The molecular formula is C21H28N2O2S. The summed E-state index contributed by atoms with van der Waals surface area (Å²) in [4.78, 5) is 19.1. The SMILES string of the molecule is CC(C)(C)C1CCc2nc3sc(C(=O)NC4CCC[C@@H]4O)cc3cc2C1. The van der Waals surface area contributed by atoms with Gasteiger partial charge in [0, 0.05) is 11.1 Å². The number of aliphatic hydroxyl groups excluding tert-OH is 1. The van der Waals surface area contributed by atoms with Crippen LogP contribution in [-0.4, -0.2) is 28.1 Å². The number of aliphatic hydroxyl groups is 1. The minimum Gasteiger partial charge on any atom is -0.391 e. The molecular weight excluding hydrogens is 344 g/mol. The monoisotopic (exact) mass is 372 g/mol. The van der Waals surface area contributed by atoms with E-state index in [9.17, 15) is 9.90 Å². The second-order valence-electron chi connectivity index (χ2n) is 8.98. The summed E-state index contributed by atoms with van der Waals surface area (Å²) < 4.78 is 0. The van der Waals surface area contributed by atoms with Crippen molar-refractivity contribution in [2.24, 2.45) is 11.3 Å². The average Bonchev–Trinajstić information content (AvgIpc) is 3.17. The van der Waals surface area contributed by atoms with Gasteiger partial charge in [0.25, 0.3) is 5.91 Å². The lowest BCUT2D eigenvalue weighted by atomic mass is 9.71. The van der Waals surface area contributed by atoms with Gasteiger partial charge >= 0.3 is 0 Å². The van der Waals surface area contributed by atoms with Crippen molar-refractivity contribution in [1.82, 2.24) is 10.3 Å². The van der Waals surface area contributed by atoms with Crippen LogP contribution in [0.15, 0.2) is 12.1 Å². The molecule has 2 aliphatic carbocycles. The molecule has 5 heteroatoms. The predicted octanol–water partition coefficient (Wildman–Crippen LogP) is 4.09. The summed E-state index contributed by atoms with van der Waals surface area (Å²) in [6, 6.07) is 4.10. The number of carbonyl (C=O) groups is 1. The van der Waals surface area contributed by atoms with E-state index in [1.165, 1.54) is 29.0 Å². The molecule has 1 saturated carbocycles. The molecule has 4 rings (SSSR count). The van der Waals surface area contributed by atoms with Gasteiger partial charge in [-0.2, -0.15) is 0 Å². The van der Waals surface area contributed by atoms with E-state index in [1.54, 1.807) is 0 Å². The molecule has 2 aromatic rings. The Balaban J connectivity index is 1.57. The smallest absolute Gasteiger partial charge is 0.261 e. The van der Waals surface area contributed by atoms with Crippen molar-refractivity contribution in [3.8, 4) is 0 Å². The number of aryl methyl sites for hydroxylation is 1. The van der Waals surface area contributed by atoms with Gasteiger partial charge in [0.05, 0.1) is 17.0 Å². The molecule has 0 radical (unpaired) electrons. The lowest BCUT2D eigenvalue weighted by molar-refractivity contribution is 0.0877. The Morgan fingerprint density at radius 2 is 2.08 bits per heavy atom. The summed E-state index contributed by atoms with van der Waals surface area (Å²) in [7, 11) is 0. The highest BCUT2D eigenvalue weighted by Crippen LogP contribution is 2.38. The van der Waals surface area contributed by atoms with Crippen LogP contribution in [0.5, 0.6) is 0 Å². The average molecular weight is 373 g/mol. The summed E-state index contributed by atoms with van der Waals surface area (Å²) >= 11 is 1.46. The first-order valence-corrected chi connectivity index (χ1v) is 10.5. The summed E-state index contributed by atoms with van der Waals surface area (Å²) in [5, 5.41) is 14.0. The molecule has 2 N–H and O–H groups in total. The zero-order chi connectivity index (χ0) is 18.5. The minimum atomic E-state index is -0.409. The van der Waals surface area contributed by atoms with Crippen molar-refractivity contribution in [2.75, 3.05) is 0 Å². The molecule has 0 aliphatic heterocycles. The van der Waals surface area contributed by atoms with Crippen molar-refractivity contribution in [1.29, 1.82) is 0 Å². The molecule has 1 fully saturated rings. The maximum absolute atomic E-state index is 12.6. The summed E-state index contributed by atoms with van der Waals surface area (Å²) in [6.45, 7) is 6.96. The summed E-state index contributed by atoms with van der Waals surface area (Å²) in [6.07, 6.45) is 5.50. The zero-order valence-corrected chi connectivity index (χ0v) is 16.7. The third-order valence-electron chi connectivity index (χ3n) is 6.12. The second kappa shape index (κ2) is 6.61. The van der Waals surface area contributed by atoms with Gasteiger partial charge in [-0.25, -0.2) is 4.98 Å². The first kappa shape index (κ1) is 17.9. The number of pyridine rings is 1. The Morgan fingerprint density at radius 1 is 1.27 bits per heavy atom. The number of nitrogens with zero attached hydrogens (tertiary/aromatic N) is 1. The zero-order valence-electron chi connectivity index (χ0n) is 15.8. The topological polar surface area (TPSA) is 62.2 Å². The Morgan fingerprint density at radius 3 is 2.77 bits per heavy atom.